The number of carbonyl (C=O) groups is 1. The number of rotatable bonds is 3. The van der Waals surface area contributed by atoms with E-state index in [1.807, 2.05) is 55.2 Å². The number of amides is 1. The van der Waals surface area contributed by atoms with E-state index in [9.17, 15) is 9.18 Å². The molecule has 1 aliphatic heterocycles. The molecular weight excluding hydrogens is 431 g/mol. The van der Waals surface area contributed by atoms with Crippen molar-refractivity contribution in [2.45, 2.75) is 18.9 Å². The Labute approximate surface area is 196 Å². The third kappa shape index (κ3) is 3.74. The second-order valence-electron chi connectivity index (χ2n) is 8.89. The Bertz CT molecular complexity index is 1460. The molecule has 0 aliphatic carbocycles. The highest BCUT2D eigenvalue weighted by molar-refractivity contribution is 5.98. The number of hydrogen-bond donors (Lipinski definition) is 1. The van der Waals surface area contributed by atoms with Crippen LogP contribution in [0.25, 0.3) is 33.3 Å². The molecule has 7 nitrogen and oxygen atoms in total. The van der Waals surface area contributed by atoms with Crippen LogP contribution in [0.3, 0.4) is 0 Å². The first-order valence-corrected chi connectivity index (χ1v) is 11.2. The van der Waals surface area contributed by atoms with Gasteiger partial charge in [-0.05, 0) is 54.3 Å². The van der Waals surface area contributed by atoms with Gasteiger partial charge in [0.15, 0.2) is 0 Å². The number of nitrogens with zero attached hydrogens (tertiary/aromatic N) is 5. The van der Waals surface area contributed by atoms with E-state index < -0.39 is 5.82 Å². The topological polar surface area (TPSA) is 92.9 Å². The van der Waals surface area contributed by atoms with E-state index in [4.69, 9.17) is 11.0 Å². The minimum Gasteiger partial charge on any atom is -0.339 e. The van der Waals surface area contributed by atoms with Gasteiger partial charge >= 0.3 is 0 Å². The van der Waals surface area contributed by atoms with Crippen LogP contribution in [0.15, 0.2) is 48.7 Å². The molecule has 0 radical (unpaired) electrons. The molecule has 4 aromatic rings. The number of hydrogen-bond acceptors (Lipinski definition) is 4. The molecule has 5 rings (SSSR count). The van der Waals surface area contributed by atoms with Crippen molar-refractivity contribution in [3.63, 3.8) is 0 Å². The predicted octanol–water partition coefficient (Wildman–Crippen LogP) is 3.82. The van der Waals surface area contributed by atoms with Gasteiger partial charge in [0.1, 0.15) is 17.6 Å². The predicted molar refractivity (Wildman–Crippen MR) is 128 cm³/mol. The van der Waals surface area contributed by atoms with Gasteiger partial charge in [0.2, 0.25) is 0 Å². The first kappa shape index (κ1) is 21.9. The van der Waals surface area contributed by atoms with Crippen molar-refractivity contribution in [1.82, 2.24) is 19.2 Å². The lowest BCUT2D eigenvalue weighted by molar-refractivity contribution is 0.0699. The summed E-state index contributed by atoms with van der Waals surface area (Å²) >= 11 is 0. The van der Waals surface area contributed by atoms with Gasteiger partial charge in [-0.25, -0.2) is 4.39 Å². The Hall–Kier alpha value is -3.96. The molecule has 1 fully saturated rings. The fraction of sp³-hybridized carbons (Fsp3) is 0.269. The number of fused-ring (bicyclic) bond motifs is 1. The van der Waals surface area contributed by atoms with E-state index in [0.717, 1.165) is 40.6 Å². The van der Waals surface area contributed by atoms with Crippen LogP contribution in [0.2, 0.25) is 0 Å². The molecule has 2 aromatic carbocycles. The van der Waals surface area contributed by atoms with Gasteiger partial charge in [-0.15, -0.1) is 0 Å². The number of carbonyl (C=O) groups excluding carboxylic acids is 1. The van der Waals surface area contributed by atoms with Gasteiger partial charge in [-0.3, -0.25) is 9.48 Å². The molecule has 1 saturated heterocycles. The molecule has 0 saturated carbocycles. The molecule has 0 unspecified atom stereocenters. The van der Waals surface area contributed by atoms with E-state index in [0.29, 0.717) is 24.3 Å². The monoisotopic (exact) mass is 456 g/mol. The average Bonchev–Trinajstić information content (AvgIpc) is 3.36. The van der Waals surface area contributed by atoms with Crippen LogP contribution in [-0.2, 0) is 14.1 Å². The van der Waals surface area contributed by atoms with Crippen LogP contribution in [0.5, 0.6) is 0 Å². The Morgan fingerprint density at radius 3 is 2.71 bits per heavy atom. The Balaban J connectivity index is 1.68. The number of halogens is 1. The number of aromatic nitrogens is 3. The number of nitriles is 1. The van der Waals surface area contributed by atoms with Gasteiger partial charge < -0.3 is 15.2 Å². The summed E-state index contributed by atoms with van der Waals surface area (Å²) in [5.74, 6) is -0.686. The molecule has 1 aliphatic rings. The van der Waals surface area contributed by atoms with Crippen LogP contribution in [0.1, 0.15) is 28.9 Å². The molecule has 2 aromatic heterocycles. The summed E-state index contributed by atoms with van der Waals surface area (Å²) in [4.78, 5) is 15.3. The quantitative estimate of drug-likeness (QED) is 0.507. The summed E-state index contributed by atoms with van der Waals surface area (Å²) in [6.07, 6.45) is 3.71. The third-order valence-electron chi connectivity index (χ3n) is 6.49. The van der Waals surface area contributed by atoms with Crippen LogP contribution in [0, 0.1) is 17.1 Å². The molecule has 172 valence electrons. The summed E-state index contributed by atoms with van der Waals surface area (Å²) in [6.45, 7) is 1.18. The van der Waals surface area contributed by atoms with Gasteiger partial charge in [0.05, 0.1) is 16.8 Å². The zero-order valence-corrected chi connectivity index (χ0v) is 19.1. The standard InChI is InChI=1S/C26H25FN6O/c1-31-14-19-10-17(7-8-23(19)30-31)25-21(16-5-6-18(13-28)22(27)11-16)12-24(32(25)2)26(34)33-9-3-4-20(29)15-33/h5-8,10-12,14,20H,3-4,9,15,29H2,1-2H3/t20-/m1/s1. The maximum absolute atomic E-state index is 14.6. The van der Waals surface area contributed by atoms with Crippen LogP contribution >= 0.6 is 0 Å². The lowest BCUT2D eigenvalue weighted by Crippen LogP contribution is -2.46. The zero-order chi connectivity index (χ0) is 24.0. The normalized spacial score (nSPS) is 16.1. The van der Waals surface area contributed by atoms with Crippen molar-refractivity contribution in [1.29, 1.82) is 5.26 Å². The average molecular weight is 457 g/mol. The summed E-state index contributed by atoms with van der Waals surface area (Å²) < 4.78 is 18.2. The number of benzene rings is 2. The second-order valence-corrected chi connectivity index (χ2v) is 8.89. The van der Waals surface area contributed by atoms with Crippen molar-refractivity contribution in [3.05, 3.63) is 65.7 Å². The SMILES string of the molecule is Cn1cc2cc(-c3c(-c4ccc(C#N)c(F)c4)cc(C(=O)N4CCC[C@@H](N)C4)n3C)ccc2n1. The molecule has 8 heteroatoms. The number of piperidine rings is 1. The highest BCUT2D eigenvalue weighted by Gasteiger charge is 2.27. The van der Waals surface area contributed by atoms with Crippen LogP contribution in [-0.4, -0.2) is 44.3 Å². The van der Waals surface area contributed by atoms with Crippen LogP contribution < -0.4 is 5.73 Å². The Morgan fingerprint density at radius 1 is 1.18 bits per heavy atom. The van der Waals surface area contributed by atoms with Crippen molar-refractivity contribution < 1.29 is 9.18 Å². The third-order valence-corrected chi connectivity index (χ3v) is 6.49. The molecule has 1 atom stereocenters. The minimum absolute atomic E-state index is 0.0170. The fourth-order valence-electron chi connectivity index (χ4n) is 4.80. The van der Waals surface area contributed by atoms with Crippen LogP contribution in [0.4, 0.5) is 4.39 Å². The largest absolute Gasteiger partial charge is 0.339 e. The highest BCUT2D eigenvalue weighted by Crippen LogP contribution is 2.37. The maximum Gasteiger partial charge on any atom is 0.270 e. The molecule has 0 bridgehead atoms. The van der Waals surface area contributed by atoms with Crippen molar-refractivity contribution in [2.24, 2.45) is 19.8 Å². The van der Waals surface area contributed by atoms with E-state index >= 15 is 0 Å². The van der Waals surface area contributed by atoms with Crippen molar-refractivity contribution >= 4 is 16.8 Å². The van der Waals surface area contributed by atoms with E-state index in [1.54, 1.807) is 15.6 Å². The summed E-state index contributed by atoms with van der Waals surface area (Å²) in [6, 6.07) is 14.1. The number of nitrogens with two attached hydrogens (primary N) is 1. The molecule has 2 N–H and O–H groups in total. The van der Waals surface area contributed by atoms with Crippen molar-refractivity contribution in [3.8, 4) is 28.5 Å². The molecule has 34 heavy (non-hydrogen) atoms. The molecule has 0 spiro atoms. The maximum atomic E-state index is 14.6. The summed E-state index contributed by atoms with van der Waals surface area (Å²) in [5.41, 5.74) is 10.5. The Morgan fingerprint density at radius 2 is 1.97 bits per heavy atom. The summed E-state index contributed by atoms with van der Waals surface area (Å²) in [7, 11) is 3.72. The molecule has 3 heterocycles. The van der Waals surface area contributed by atoms with E-state index in [-0.39, 0.29) is 17.5 Å². The summed E-state index contributed by atoms with van der Waals surface area (Å²) in [5, 5.41) is 14.5. The van der Waals surface area contributed by atoms with Gasteiger partial charge in [-0.2, -0.15) is 10.4 Å². The van der Waals surface area contributed by atoms with Gasteiger partial charge in [0, 0.05) is 50.4 Å². The number of likely N-dealkylation sites (tertiary alicyclic amines) is 1. The zero-order valence-electron chi connectivity index (χ0n) is 19.1. The van der Waals surface area contributed by atoms with E-state index in [2.05, 4.69) is 5.10 Å². The Kier molecular flexibility index (Phi) is 5.42. The first-order valence-electron chi connectivity index (χ1n) is 11.2. The number of aryl methyl sites for hydroxylation is 1. The van der Waals surface area contributed by atoms with E-state index in [1.165, 1.54) is 12.1 Å². The lowest BCUT2D eigenvalue weighted by atomic mass is 9.99. The van der Waals surface area contributed by atoms with Crippen molar-refractivity contribution in [2.75, 3.05) is 13.1 Å². The minimum atomic E-state index is -0.590. The van der Waals surface area contributed by atoms with Gasteiger partial charge in [0.25, 0.3) is 5.91 Å². The van der Waals surface area contributed by atoms with Gasteiger partial charge in [-0.1, -0.05) is 12.1 Å². The lowest BCUT2D eigenvalue weighted by Gasteiger charge is -2.30. The first-order chi connectivity index (χ1) is 16.4. The molecule has 1 amide bonds. The second kappa shape index (κ2) is 8.43. The smallest absolute Gasteiger partial charge is 0.270 e. The fourth-order valence-corrected chi connectivity index (χ4v) is 4.80. The molecular formula is C26H25FN6O. The highest BCUT2D eigenvalue weighted by atomic mass is 19.1.